The quantitative estimate of drug-likeness (QED) is 0.869. The standard InChI is InChI=1S/C9H7BrClFO3/c10-6-2-1-5(12)3-8(6)15-4-7(11)9(13)14/h1-3,7H,4H2,(H,13,14). The molecule has 0 radical (unpaired) electrons. The predicted molar refractivity (Wildman–Crippen MR) is 56.9 cm³/mol. The Labute approximate surface area is 98.9 Å². The van der Waals surface area contributed by atoms with E-state index >= 15 is 0 Å². The van der Waals surface area contributed by atoms with Crippen molar-refractivity contribution < 1.29 is 19.0 Å². The summed E-state index contributed by atoms with van der Waals surface area (Å²) in [6.45, 7) is -0.223. The molecule has 0 bridgehead atoms. The van der Waals surface area contributed by atoms with Crippen LogP contribution in [0.5, 0.6) is 5.75 Å². The second kappa shape index (κ2) is 5.32. The molecule has 0 heterocycles. The summed E-state index contributed by atoms with van der Waals surface area (Å²) in [6, 6.07) is 3.87. The third kappa shape index (κ3) is 3.68. The van der Waals surface area contributed by atoms with Crippen molar-refractivity contribution in [1.82, 2.24) is 0 Å². The summed E-state index contributed by atoms with van der Waals surface area (Å²) in [5.74, 6) is -1.42. The Hall–Kier alpha value is -0.810. The average Bonchev–Trinajstić information content (AvgIpc) is 2.18. The van der Waals surface area contributed by atoms with Crippen molar-refractivity contribution in [3.05, 3.63) is 28.5 Å². The lowest BCUT2D eigenvalue weighted by Crippen LogP contribution is -2.21. The molecule has 0 saturated heterocycles. The molecule has 1 aromatic rings. The number of hydrogen-bond acceptors (Lipinski definition) is 2. The van der Waals surface area contributed by atoms with Crippen LogP contribution in [0, 0.1) is 5.82 Å². The summed E-state index contributed by atoms with van der Waals surface area (Å²) in [7, 11) is 0. The summed E-state index contributed by atoms with van der Waals surface area (Å²) in [6.07, 6.45) is 0. The van der Waals surface area contributed by atoms with E-state index in [9.17, 15) is 9.18 Å². The molecule has 0 aromatic heterocycles. The molecule has 0 amide bonds. The molecule has 0 aliphatic rings. The van der Waals surface area contributed by atoms with Gasteiger partial charge in [0.1, 0.15) is 18.2 Å². The SMILES string of the molecule is O=C(O)C(Cl)COc1cc(F)ccc1Br. The zero-order chi connectivity index (χ0) is 11.4. The van der Waals surface area contributed by atoms with Crippen LogP contribution in [0.25, 0.3) is 0 Å². The molecule has 1 unspecified atom stereocenters. The highest BCUT2D eigenvalue weighted by atomic mass is 79.9. The summed E-state index contributed by atoms with van der Waals surface area (Å²) in [5.41, 5.74) is 0. The van der Waals surface area contributed by atoms with Crippen molar-refractivity contribution >= 4 is 33.5 Å². The van der Waals surface area contributed by atoms with Gasteiger partial charge in [0.05, 0.1) is 4.47 Å². The molecule has 1 aromatic carbocycles. The fourth-order valence-corrected chi connectivity index (χ4v) is 1.25. The first-order chi connectivity index (χ1) is 7.00. The Balaban J connectivity index is 2.65. The number of carboxylic acid groups (broad SMARTS) is 1. The molecule has 15 heavy (non-hydrogen) atoms. The number of halogens is 3. The largest absolute Gasteiger partial charge is 0.490 e. The normalized spacial score (nSPS) is 12.2. The van der Waals surface area contributed by atoms with Crippen LogP contribution in [0.4, 0.5) is 4.39 Å². The van der Waals surface area contributed by atoms with Gasteiger partial charge in [0.15, 0.2) is 5.38 Å². The summed E-state index contributed by atoms with van der Waals surface area (Å²) >= 11 is 8.56. The number of carbonyl (C=O) groups is 1. The van der Waals surface area contributed by atoms with Crippen molar-refractivity contribution in [2.45, 2.75) is 5.38 Å². The van der Waals surface area contributed by atoms with E-state index in [1.165, 1.54) is 12.1 Å². The molecule has 82 valence electrons. The number of hydrogen-bond donors (Lipinski definition) is 1. The number of rotatable bonds is 4. The lowest BCUT2D eigenvalue weighted by molar-refractivity contribution is -0.137. The Kier molecular flexibility index (Phi) is 4.35. The van der Waals surface area contributed by atoms with Gasteiger partial charge in [-0.15, -0.1) is 11.6 Å². The fourth-order valence-electron chi connectivity index (χ4n) is 0.822. The van der Waals surface area contributed by atoms with Crippen molar-refractivity contribution in [3.63, 3.8) is 0 Å². The summed E-state index contributed by atoms with van der Waals surface area (Å²) in [4.78, 5) is 10.4. The maximum absolute atomic E-state index is 12.8. The van der Waals surface area contributed by atoms with E-state index in [4.69, 9.17) is 21.4 Å². The van der Waals surface area contributed by atoms with Gasteiger partial charge >= 0.3 is 5.97 Å². The Morgan fingerprint density at radius 1 is 1.67 bits per heavy atom. The van der Waals surface area contributed by atoms with Gasteiger partial charge in [0, 0.05) is 6.07 Å². The van der Waals surface area contributed by atoms with Gasteiger partial charge in [0.25, 0.3) is 0 Å². The molecule has 0 spiro atoms. The van der Waals surface area contributed by atoms with E-state index in [0.29, 0.717) is 4.47 Å². The molecule has 0 aliphatic heterocycles. The zero-order valence-electron chi connectivity index (χ0n) is 7.41. The Bertz CT molecular complexity index is 372. The maximum Gasteiger partial charge on any atom is 0.325 e. The number of aliphatic carboxylic acids is 1. The van der Waals surface area contributed by atoms with Crippen LogP contribution in [0.1, 0.15) is 0 Å². The molecule has 3 nitrogen and oxygen atoms in total. The first-order valence-corrected chi connectivity index (χ1v) is 5.18. The van der Waals surface area contributed by atoms with Crippen molar-refractivity contribution in [2.24, 2.45) is 0 Å². The Morgan fingerprint density at radius 3 is 2.93 bits per heavy atom. The highest BCUT2D eigenvalue weighted by Crippen LogP contribution is 2.25. The first kappa shape index (κ1) is 12.3. The van der Waals surface area contributed by atoms with Gasteiger partial charge < -0.3 is 9.84 Å². The highest BCUT2D eigenvalue weighted by molar-refractivity contribution is 9.10. The highest BCUT2D eigenvalue weighted by Gasteiger charge is 2.15. The van der Waals surface area contributed by atoms with Crippen LogP contribution in [0.15, 0.2) is 22.7 Å². The molecular formula is C9H7BrClFO3. The molecular weight excluding hydrogens is 290 g/mol. The number of carboxylic acids is 1. The van der Waals surface area contributed by atoms with Crippen molar-refractivity contribution in [1.29, 1.82) is 0 Å². The lowest BCUT2D eigenvalue weighted by atomic mass is 10.3. The molecule has 0 aliphatic carbocycles. The first-order valence-electron chi connectivity index (χ1n) is 3.95. The van der Waals surface area contributed by atoms with E-state index in [0.717, 1.165) is 6.07 Å². The van der Waals surface area contributed by atoms with Gasteiger partial charge in [-0.05, 0) is 28.1 Å². The molecule has 0 fully saturated rings. The Morgan fingerprint density at radius 2 is 2.33 bits per heavy atom. The monoisotopic (exact) mass is 296 g/mol. The van der Waals surface area contributed by atoms with Gasteiger partial charge in [-0.1, -0.05) is 0 Å². The fraction of sp³-hybridized carbons (Fsp3) is 0.222. The van der Waals surface area contributed by atoms with E-state index in [2.05, 4.69) is 15.9 Å². The van der Waals surface area contributed by atoms with E-state index in [1.54, 1.807) is 0 Å². The van der Waals surface area contributed by atoms with Crippen LogP contribution >= 0.6 is 27.5 Å². The second-order valence-electron chi connectivity index (χ2n) is 2.69. The topological polar surface area (TPSA) is 46.5 Å². The average molecular weight is 298 g/mol. The minimum atomic E-state index is -1.18. The van der Waals surface area contributed by atoms with Crippen molar-refractivity contribution in [3.8, 4) is 5.75 Å². The van der Waals surface area contributed by atoms with Gasteiger partial charge in [-0.2, -0.15) is 0 Å². The number of benzene rings is 1. The smallest absolute Gasteiger partial charge is 0.325 e. The van der Waals surface area contributed by atoms with Crippen LogP contribution < -0.4 is 4.74 Å². The molecule has 6 heteroatoms. The molecule has 0 saturated carbocycles. The third-order valence-corrected chi connectivity index (χ3v) is 2.51. The lowest BCUT2D eigenvalue weighted by Gasteiger charge is -2.09. The summed E-state index contributed by atoms with van der Waals surface area (Å²) in [5, 5.41) is 7.33. The zero-order valence-corrected chi connectivity index (χ0v) is 9.76. The van der Waals surface area contributed by atoms with Crippen LogP contribution in [0.2, 0.25) is 0 Å². The van der Waals surface area contributed by atoms with E-state index < -0.39 is 17.2 Å². The van der Waals surface area contributed by atoms with Crippen LogP contribution in [0.3, 0.4) is 0 Å². The molecule has 1 atom stereocenters. The van der Waals surface area contributed by atoms with E-state index in [1.807, 2.05) is 0 Å². The maximum atomic E-state index is 12.8. The van der Waals surface area contributed by atoms with Crippen LogP contribution in [-0.4, -0.2) is 23.1 Å². The van der Waals surface area contributed by atoms with E-state index in [-0.39, 0.29) is 12.4 Å². The van der Waals surface area contributed by atoms with Gasteiger partial charge in [-0.25, -0.2) is 4.39 Å². The minimum Gasteiger partial charge on any atom is -0.490 e. The number of alkyl halides is 1. The third-order valence-electron chi connectivity index (χ3n) is 1.55. The predicted octanol–water partition coefficient (Wildman–Crippen LogP) is 2.66. The van der Waals surface area contributed by atoms with Gasteiger partial charge in [0.2, 0.25) is 0 Å². The summed E-state index contributed by atoms with van der Waals surface area (Å²) < 4.78 is 18.4. The minimum absolute atomic E-state index is 0.223. The molecule has 1 N–H and O–H groups in total. The van der Waals surface area contributed by atoms with Crippen LogP contribution in [-0.2, 0) is 4.79 Å². The van der Waals surface area contributed by atoms with Gasteiger partial charge in [-0.3, -0.25) is 4.79 Å². The van der Waals surface area contributed by atoms with Crippen molar-refractivity contribution in [2.75, 3.05) is 6.61 Å². The molecule has 1 rings (SSSR count). The second-order valence-corrected chi connectivity index (χ2v) is 4.07. The number of ether oxygens (including phenoxy) is 1.